The molecule has 0 aliphatic carbocycles. The molecule has 0 spiro atoms. The van der Waals surface area contributed by atoms with Gasteiger partial charge >= 0.3 is 23.9 Å². The van der Waals surface area contributed by atoms with Gasteiger partial charge in [0.05, 0.1) is 29.6 Å². The predicted molar refractivity (Wildman–Crippen MR) is 199 cm³/mol. The van der Waals surface area contributed by atoms with Crippen molar-refractivity contribution in [1.29, 1.82) is 0 Å². The quantitative estimate of drug-likeness (QED) is 0.0382. The van der Waals surface area contributed by atoms with E-state index in [2.05, 4.69) is 26.3 Å². The largest absolute Gasteiger partial charge is 0.462 e. The molecule has 0 amide bonds. The number of carbonyl (C=O) groups excluding carboxylic acids is 5. The van der Waals surface area contributed by atoms with Gasteiger partial charge in [-0.15, -0.1) is 0 Å². The lowest BCUT2D eigenvalue weighted by molar-refractivity contribution is -0.154. The SMILES string of the molecule is C=CC(=O)OCC(CC)(COCC(CC)(COC(=O)C=C)COC(=O)c1ccccc1C(=O)/C(C)=C/C=C(\C=C)c1ccccc1)COC(=O)C=C. The van der Waals surface area contributed by atoms with Crippen LogP contribution in [0.2, 0.25) is 0 Å². The van der Waals surface area contributed by atoms with E-state index in [1.54, 1.807) is 43.4 Å². The normalized spacial score (nSPS) is 12.8. The van der Waals surface area contributed by atoms with Gasteiger partial charge in [0.25, 0.3) is 0 Å². The smallest absolute Gasteiger partial charge is 0.338 e. The van der Waals surface area contributed by atoms with Crippen LogP contribution in [0.4, 0.5) is 0 Å². The molecule has 0 N–H and O–H groups in total. The van der Waals surface area contributed by atoms with E-state index in [4.69, 9.17) is 23.7 Å². The highest BCUT2D eigenvalue weighted by atomic mass is 16.6. The molecule has 276 valence electrons. The summed E-state index contributed by atoms with van der Waals surface area (Å²) in [6.45, 7) is 18.6. The second-order valence-corrected chi connectivity index (χ2v) is 12.1. The van der Waals surface area contributed by atoms with Gasteiger partial charge in [0.2, 0.25) is 0 Å². The first-order valence-corrected chi connectivity index (χ1v) is 16.7. The Morgan fingerprint density at radius 3 is 1.46 bits per heavy atom. The summed E-state index contributed by atoms with van der Waals surface area (Å²) in [5.74, 6) is -3.12. The maximum atomic E-state index is 13.6. The van der Waals surface area contributed by atoms with Crippen LogP contribution in [-0.2, 0) is 38.1 Å². The molecule has 0 saturated carbocycles. The average molecular weight is 713 g/mol. The molecule has 0 radical (unpaired) electrons. The number of ketones is 1. The number of carbonyl (C=O) groups is 5. The van der Waals surface area contributed by atoms with Crippen molar-refractivity contribution in [3.05, 3.63) is 140 Å². The zero-order valence-electron chi connectivity index (χ0n) is 30.2. The maximum absolute atomic E-state index is 13.6. The number of rotatable bonds is 23. The van der Waals surface area contributed by atoms with Crippen LogP contribution < -0.4 is 0 Å². The van der Waals surface area contributed by atoms with E-state index in [1.165, 1.54) is 6.07 Å². The number of esters is 4. The minimum Gasteiger partial charge on any atom is -0.462 e. The molecule has 2 rings (SSSR count). The second-order valence-electron chi connectivity index (χ2n) is 12.1. The van der Waals surface area contributed by atoms with Crippen LogP contribution in [-0.4, -0.2) is 69.3 Å². The summed E-state index contributed by atoms with van der Waals surface area (Å²) in [4.78, 5) is 63.0. The first-order valence-electron chi connectivity index (χ1n) is 16.7. The van der Waals surface area contributed by atoms with Crippen LogP contribution in [0.5, 0.6) is 0 Å². The minimum atomic E-state index is -1.04. The number of Topliss-reactive ketones (excluding diaryl/α,β-unsaturated/α-hetero) is 1. The number of ether oxygens (including phenoxy) is 5. The fourth-order valence-electron chi connectivity index (χ4n) is 4.77. The van der Waals surface area contributed by atoms with Gasteiger partial charge in [-0.2, -0.15) is 0 Å². The standard InChI is InChI=1S/C42H48O10/c1-8-32(33-19-15-14-16-20-33)24-23-31(7)39(46)34-21-17-18-22-35(34)40(47)52-30-42(13-6,29-51-38(45)11-4)26-48-25-41(12-5,27-49-36(43)9-2)28-50-37(44)10-3/h8-11,14-24H,1-4,12-13,25-30H2,5-7H3/b31-23+,32-24+. The summed E-state index contributed by atoms with van der Waals surface area (Å²) in [5, 5.41) is 0. The van der Waals surface area contributed by atoms with E-state index in [9.17, 15) is 24.0 Å². The van der Waals surface area contributed by atoms with Gasteiger partial charge in [-0.1, -0.05) is 107 Å². The highest BCUT2D eigenvalue weighted by molar-refractivity contribution is 6.14. The molecule has 10 heteroatoms. The van der Waals surface area contributed by atoms with Gasteiger partial charge in [0.15, 0.2) is 5.78 Å². The Morgan fingerprint density at radius 2 is 1.02 bits per heavy atom. The fraction of sp³-hybridized carbons (Fsp3) is 0.310. The summed E-state index contributed by atoms with van der Waals surface area (Å²) < 4.78 is 27.9. The van der Waals surface area contributed by atoms with Gasteiger partial charge in [0, 0.05) is 23.8 Å². The Balaban J connectivity index is 2.32. The van der Waals surface area contributed by atoms with Crippen molar-refractivity contribution in [3.8, 4) is 0 Å². The molecule has 0 heterocycles. The lowest BCUT2D eigenvalue weighted by atomic mass is 9.86. The van der Waals surface area contributed by atoms with Gasteiger partial charge < -0.3 is 23.7 Å². The molecule has 1 unspecified atom stereocenters. The van der Waals surface area contributed by atoms with E-state index in [-0.39, 0.29) is 56.6 Å². The van der Waals surface area contributed by atoms with Crippen LogP contribution in [0, 0.1) is 10.8 Å². The van der Waals surface area contributed by atoms with Gasteiger partial charge in [-0.3, -0.25) is 4.79 Å². The molecule has 0 aliphatic rings. The fourth-order valence-corrected chi connectivity index (χ4v) is 4.77. The van der Waals surface area contributed by atoms with Crippen molar-refractivity contribution in [2.45, 2.75) is 33.6 Å². The van der Waals surface area contributed by atoms with Gasteiger partial charge in [0.1, 0.15) is 26.4 Å². The van der Waals surface area contributed by atoms with Crippen molar-refractivity contribution in [1.82, 2.24) is 0 Å². The Bertz CT molecular complexity index is 1640. The molecular formula is C42H48O10. The Morgan fingerprint density at radius 1 is 0.577 bits per heavy atom. The minimum absolute atomic E-state index is 0.0430. The molecule has 1 atom stereocenters. The maximum Gasteiger partial charge on any atom is 0.338 e. The van der Waals surface area contributed by atoms with Gasteiger partial charge in [-0.05, 0) is 42.5 Å². The molecule has 0 bridgehead atoms. The summed E-state index contributed by atoms with van der Waals surface area (Å²) in [7, 11) is 0. The zero-order chi connectivity index (χ0) is 38.6. The van der Waals surface area contributed by atoms with Crippen LogP contribution >= 0.6 is 0 Å². The van der Waals surface area contributed by atoms with E-state index in [0.717, 1.165) is 29.4 Å². The first kappa shape index (κ1) is 42.6. The summed E-state index contributed by atoms with van der Waals surface area (Å²) >= 11 is 0. The third-order valence-electron chi connectivity index (χ3n) is 8.48. The topological polar surface area (TPSA) is 132 Å². The van der Waals surface area contributed by atoms with E-state index >= 15 is 0 Å². The van der Waals surface area contributed by atoms with Crippen LogP contribution in [0.15, 0.2) is 123 Å². The Kier molecular flexibility index (Phi) is 17.7. The van der Waals surface area contributed by atoms with Crippen molar-refractivity contribution in [3.63, 3.8) is 0 Å². The average Bonchev–Trinajstić information content (AvgIpc) is 3.19. The zero-order valence-corrected chi connectivity index (χ0v) is 30.2. The lowest BCUT2D eigenvalue weighted by Gasteiger charge is -2.35. The predicted octanol–water partition coefficient (Wildman–Crippen LogP) is 7.24. The molecule has 2 aromatic carbocycles. The highest BCUT2D eigenvalue weighted by Gasteiger charge is 2.37. The third-order valence-corrected chi connectivity index (χ3v) is 8.48. The van der Waals surface area contributed by atoms with Crippen LogP contribution in [0.1, 0.15) is 59.9 Å². The summed E-state index contributed by atoms with van der Waals surface area (Å²) in [6, 6.07) is 15.9. The monoisotopic (exact) mass is 712 g/mol. The first-order chi connectivity index (χ1) is 24.9. The molecular weight excluding hydrogens is 664 g/mol. The van der Waals surface area contributed by atoms with E-state index < -0.39 is 34.7 Å². The summed E-state index contributed by atoms with van der Waals surface area (Å²) in [5.41, 5.74) is 0.376. The Hall–Kier alpha value is -5.61. The van der Waals surface area contributed by atoms with E-state index in [1.807, 2.05) is 44.2 Å². The van der Waals surface area contributed by atoms with E-state index in [0.29, 0.717) is 18.4 Å². The number of hydrogen-bond acceptors (Lipinski definition) is 10. The Labute approximate surface area is 306 Å². The second kappa shape index (κ2) is 21.6. The summed E-state index contributed by atoms with van der Waals surface area (Å²) in [6.07, 6.45) is 8.94. The van der Waals surface area contributed by atoms with Crippen molar-refractivity contribution in [2.75, 3.05) is 39.6 Å². The molecule has 10 nitrogen and oxygen atoms in total. The number of benzene rings is 2. The molecule has 0 fully saturated rings. The third kappa shape index (κ3) is 12.9. The van der Waals surface area contributed by atoms with Crippen LogP contribution in [0.3, 0.4) is 0 Å². The molecule has 52 heavy (non-hydrogen) atoms. The lowest BCUT2D eigenvalue weighted by Crippen LogP contribution is -2.42. The molecule has 0 aliphatic heterocycles. The number of allylic oxidation sites excluding steroid dienone is 5. The van der Waals surface area contributed by atoms with Crippen molar-refractivity contribution in [2.24, 2.45) is 10.8 Å². The van der Waals surface area contributed by atoms with Crippen molar-refractivity contribution >= 4 is 35.2 Å². The number of hydrogen-bond donors (Lipinski definition) is 0. The van der Waals surface area contributed by atoms with Gasteiger partial charge in [-0.25, -0.2) is 19.2 Å². The van der Waals surface area contributed by atoms with Crippen molar-refractivity contribution < 1.29 is 47.7 Å². The van der Waals surface area contributed by atoms with Crippen LogP contribution in [0.25, 0.3) is 5.57 Å². The molecule has 2 aromatic rings. The molecule has 0 aromatic heterocycles. The molecule has 0 saturated heterocycles. The highest BCUT2D eigenvalue weighted by Crippen LogP contribution is 2.29.